The maximum Gasteiger partial charge on any atom is 0.274 e. The molecule has 0 saturated heterocycles. The minimum atomic E-state index is -0.452. The van der Waals surface area contributed by atoms with Crippen LogP contribution >= 0.6 is 15.9 Å². The van der Waals surface area contributed by atoms with Gasteiger partial charge < -0.3 is 4.74 Å². The summed E-state index contributed by atoms with van der Waals surface area (Å²) in [6.07, 6.45) is 0. The standard InChI is InChI=1S/C13H10BrNO3/c1-9-2-4-12(5-3-9)18-13-7-10(14)6-11(8-13)15(16)17/h2-8H,1H3. The fourth-order valence-corrected chi connectivity index (χ4v) is 1.91. The highest BCUT2D eigenvalue weighted by molar-refractivity contribution is 9.10. The van der Waals surface area contributed by atoms with Gasteiger partial charge in [0.25, 0.3) is 5.69 Å². The summed E-state index contributed by atoms with van der Waals surface area (Å²) in [4.78, 5) is 10.3. The predicted molar refractivity (Wildman–Crippen MR) is 72.0 cm³/mol. The Balaban J connectivity index is 2.28. The van der Waals surface area contributed by atoms with Crippen LogP contribution in [0.15, 0.2) is 46.9 Å². The summed E-state index contributed by atoms with van der Waals surface area (Å²) in [6, 6.07) is 12.0. The lowest BCUT2D eigenvalue weighted by Crippen LogP contribution is -1.90. The molecule has 2 aromatic carbocycles. The van der Waals surface area contributed by atoms with Gasteiger partial charge >= 0.3 is 0 Å². The van der Waals surface area contributed by atoms with E-state index in [9.17, 15) is 10.1 Å². The smallest absolute Gasteiger partial charge is 0.274 e. The highest BCUT2D eigenvalue weighted by Gasteiger charge is 2.10. The number of hydrogen-bond acceptors (Lipinski definition) is 3. The average Bonchev–Trinajstić information content (AvgIpc) is 2.31. The zero-order chi connectivity index (χ0) is 13.1. The maximum absolute atomic E-state index is 10.7. The SMILES string of the molecule is Cc1ccc(Oc2cc(Br)cc([N+](=O)[O-])c2)cc1. The van der Waals surface area contributed by atoms with E-state index >= 15 is 0 Å². The number of ether oxygens (including phenoxy) is 1. The Kier molecular flexibility index (Phi) is 3.62. The third-order valence-corrected chi connectivity index (χ3v) is 2.78. The average molecular weight is 308 g/mol. The molecule has 0 unspecified atom stereocenters. The third-order valence-electron chi connectivity index (χ3n) is 2.32. The van der Waals surface area contributed by atoms with Gasteiger partial charge in [-0.25, -0.2) is 0 Å². The molecule has 0 heterocycles. The van der Waals surface area contributed by atoms with Gasteiger partial charge in [-0.05, 0) is 25.1 Å². The topological polar surface area (TPSA) is 52.4 Å². The molecule has 0 aromatic heterocycles. The lowest BCUT2D eigenvalue weighted by Gasteiger charge is -2.06. The molecule has 0 spiro atoms. The Labute approximate surface area is 112 Å². The van der Waals surface area contributed by atoms with Gasteiger partial charge in [-0.15, -0.1) is 0 Å². The van der Waals surface area contributed by atoms with E-state index in [2.05, 4.69) is 15.9 Å². The third kappa shape index (κ3) is 3.07. The largest absolute Gasteiger partial charge is 0.457 e. The van der Waals surface area contributed by atoms with Crippen LogP contribution in [0.25, 0.3) is 0 Å². The van der Waals surface area contributed by atoms with Gasteiger partial charge in [-0.2, -0.15) is 0 Å². The number of hydrogen-bond donors (Lipinski definition) is 0. The van der Waals surface area contributed by atoms with E-state index in [0.717, 1.165) is 5.56 Å². The van der Waals surface area contributed by atoms with Gasteiger partial charge in [0.05, 0.1) is 11.0 Å². The van der Waals surface area contributed by atoms with E-state index in [0.29, 0.717) is 16.0 Å². The molecule has 0 fully saturated rings. The molecule has 0 atom stereocenters. The molecule has 4 nitrogen and oxygen atoms in total. The van der Waals surface area contributed by atoms with E-state index in [1.165, 1.54) is 12.1 Å². The summed E-state index contributed by atoms with van der Waals surface area (Å²) in [7, 11) is 0. The van der Waals surface area contributed by atoms with Crippen molar-refractivity contribution in [3.05, 3.63) is 62.6 Å². The molecule has 0 N–H and O–H groups in total. The van der Waals surface area contributed by atoms with Crippen LogP contribution in [0.4, 0.5) is 5.69 Å². The second kappa shape index (κ2) is 5.18. The van der Waals surface area contributed by atoms with Gasteiger partial charge in [-0.3, -0.25) is 10.1 Å². The molecule has 18 heavy (non-hydrogen) atoms. The van der Waals surface area contributed by atoms with Crippen molar-refractivity contribution in [1.82, 2.24) is 0 Å². The number of aryl methyl sites for hydroxylation is 1. The lowest BCUT2D eigenvalue weighted by atomic mass is 10.2. The highest BCUT2D eigenvalue weighted by atomic mass is 79.9. The van der Waals surface area contributed by atoms with E-state index in [1.54, 1.807) is 6.07 Å². The number of non-ortho nitro benzene ring substituents is 1. The summed E-state index contributed by atoms with van der Waals surface area (Å²) in [5.74, 6) is 1.08. The molecule has 0 saturated carbocycles. The Bertz CT molecular complexity index is 581. The Morgan fingerprint density at radius 1 is 1.11 bits per heavy atom. The number of nitrogens with zero attached hydrogens (tertiary/aromatic N) is 1. The minimum Gasteiger partial charge on any atom is -0.457 e. The molecule has 2 rings (SSSR count). The van der Waals surface area contributed by atoms with Crippen molar-refractivity contribution in [1.29, 1.82) is 0 Å². The molecule has 0 radical (unpaired) electrons. The van der Waals surface area contributed by atoms with Crippen molar-refractivity contribution >= 4 is 21.6 Å². The molecular weight excluding hydrogens is 298 g/mol. The Morgan fingerprint density at radius 2 is 1.78 bits per heavy atom. The van der Waals surface area contributed by atoms with Crippen LogP contribution in [-0.4, -0.2) is 4.92 Å². The summed E-state index contributed by atoms with van der Waals surface area (Å²) in [5, 5.41) is 10.7. The first kappa shape index (κ1) is 12.6. The molecule has 92 valence electrons. The van der Waals surface area contributed by atoms with Crippen molar-refractivity contribution < 1.29 is 9.66 Å². The Hall–Kier alpha value is -1.88. The molecular formula is C13H10BrNO3. The Morgan fingerprint density at radius 3 is 2.39 bits per heavy atom. The first-order valence-corrected chi connectivity index (χ1v) is 6.03. The lowest BCUT2D eigenvalue weighted by molar-refractivity contribution is -0.385. The zero-order valence-corrected chi connectivity index (χ0v) is 11.2. The first-order valence-electron chi connectivity index (χ1n) is 5.24. The normalized spacial score (nSPS) is 10.1. The first-order chi connectivity index (χ1) is 8.54. The molecule has 5 heteroatoms. The number of nitro groups is 1. The van der Waals surface area contributed by atoms with Gasteiger partial charge in [0, 0.05) is 10.5 Å². The number of nitro benzene ring substituents is 1. The molecule has 0 aliphatic carbocycles. The van der Waals surface area contributed by atoms with Crippen LogP contribution in [0.1, 0.15) is 5.56 Å². The van der Waals surface area contributed by atoms with E-state index < -0.39 is 4.92 Å². The van der Waals surface area contributed by atoms with Gasteiger partial charge in [0.15, 0.2) is 0 Å². The molecule has 0 amide bonds. The van der Waals surface area contributed by atoms with E-state index in [-0.39, 0.29) is 5.69 Å². The van der Waals surface area contributed by atoms with Gasteiger partial charge in [0.1, 0.15) is 11.5 Å². The maximum atomic E-state index is 10.7. The van der Waals surface area contributed by atoms with Crippen LogP contribution in [-0.2, 0) is 0 Å². The van der Waals surface area contributed by atoms with Crippen LogP contribution in [0.3, 0.4) is 0 Å². The second-order valence-electron chi connectivity index (χ2n) is 3.82. The minimum absolute atomic E-state index is 0.00788. The molecule has 0 aliphatic heterocycles. The summed E-state index contributed by atoms with van der Waals surface area (Å²) in [6.45, 7) is 1.98. The summed E-state index contributed by atoms with van der Waals surface area (Å²) < 4.78 is 6.18. The molecule has 2 aromatic rings. The monoisotopic (exact) mass is 307 g/mol. The van der Waals surface area contributed by atoms with Gasteiger partial charge in [-0.1, -0.05) is 33.6 Å². The van der Waals surface area contributed by atoms with E-state index in [4.69, 9.17) is 4.74 Å². The zero-order valence-electron chi connectivity index (χ0n) is 9.59. The molecule has 0 aliphatic rings. The van der Waals surface area contributed by atoms with E-state index in [1.807, 2.05) is 31.2 Å². The number of benzene rings is 2. The van der Waals surface area contributed by atoms with Gasteiger partial charge in [0.2, 0.25) is 0 Å². The molecule has 0 bridgehead atoms. The van der Waals surface area contributed by atoms with Crippen LogP contribution in [0.2, 0.25) is 0 Å². The van der Waals surface area contributed by atoms with Crippen LogP contribution in [0.5, 0.6) is 11.5 Å². The number of rotatable bonds is 3. The summed E-state index contributed by atoms with van der Waals surface area (Å²) in [5.41, 5.74) is 1.12. The fraction of sp³-hybridized carbons (Fsp3) is 0.0769. The highest BCUT2D eigenvalue weighted by Crippen LogP contribution is 2.29. The second-order valence-corrected chi connectivity index (χ2v) is 4.73. The quantitative estimate of drug-likeness (QED) is 0.621. The van der Waals surface area contributed by atoms with Crippen molar-refractivity contribution in [3.63, 3.8) is 0 Å². The van der Waals surface area contributed by atoms with Crippen LogP contribution < -0.4 is 4.74 Å². The fourth-order valence-electron chi connectivity index (χ4n) is 1.45. The van der Waals surface area contributed by atoms with Crippen LogP contribution in [0, 0.1) is 17.0 Å². The van der Waals surface area contributed by atoms with Crippen molar-refractivity contribution in [2.24, 2.45) is 0 Å². The number of halogens is 1. The summed E-state index contributed by atoms with van der Waals surface area (Å²) >= 11 is 3.22. The van der Waals surface area contributed by atoms with Crippen molar-refractivity contribution in [2.45, 2.75) is 6.92 Å². The predicted octanol–water partition coefficient (Wildman–Crippen LogP) is 4.46. The van der Waals surface area contributed by atoms with Crippen molar-refractivity contribution in [2.75, 3.05) is 0 Å². The van der Waals surface area contributed by atoms with Crippen molar-refractivity contribution in [3.8, 4) is 11.5 Å².